The van der Waals surface area contributed by atoms with Gasteiger partial charge >= 0.3 is 0 Å². The molecule has 3 saturated carbocycles. The summed E-state index contributed by atoms with van der Waals surface area (Å²) >= 11 is 0. The molecule has 0 aromatic heterocycles. The Kier molecular flexibility index (Phi) is 2.93. The lowest BCUT2D eigenvalue weighted by atomic mass is 9.47. The van der Waals surface area contributed by atoms with Crippen LogP contribution in [-0.4, -0.2) is 16.7 Å². The molecular formula is C19H26O3. The molecule has 3 fully saturated rings. The second-order valence-electron chi connectivity index (χ2n) is 8.50. The SMILES string of the molecule is C[C@@]12CC[C@H]3[C@@H](CCC4=C(O)C(=O)CC[C@]43C)[C@@H]1CCC2=O. The van der Waals surface area contributed by atoms with Crippen molar-refractivity contribution in [2.75, 3.05) is 0 Å². The molecule has 4 rings (SSSR count). The third-order valence-electron chi connectivity index (χ3n) is 7.80. The summed E-state index contributed by atoms with van der Waals surface area (Å²) in [6, 6.07) is 0. The highest BCUT2D eigenvalue weighted by molar-refractivity contribution is 5.95. The highest BCUT2D eigenvalue weighted by Crippen LogP contribution is 2.64. The van der Waals surface area contributed by atoms with Crippen molar-refractivity contribution >= 4 is 11.6 Å². The Bertz CT molecular complexity index is 589. The van der Waals surface area contributed by atoms with Crippen molar-refractivity contribution in [3.63, 3.8) is 0 Å². The van der Waals surface area contributed by atoms with Crippen LogP contribution >= 0.6 is 0 Å². The second-order valence-corrected chi connectivity index (χ2v) is 8.50. The van der Waals surface area contributed by atoms with Crippen molar-refractivity contribution in [3.05, 3.63) is 11.3 Å². The molecule has 0 aromatic rings. The average Bonchev–Trinajstić information content (AvgIpc) is 2.79. The van der Waals surface area contributed by atoms with E-state index in [-0.39, 0.29) is 22.4 Å². The van der Waals surface area contributed by atoms with Crippen LogP contribution in [0.15, 0.2) is 11.3 Å². The summed E-state index contributed by atoms with van der Waals surface area (Å²) in [6.07, 6.45) is 7.13. The van der Waals surface area contributed by atoms with Crippen LogP contribution in [0.1, 0.15) is 65.2 Å². The van der Waals surface area contributed by atoms with Gasteiger partial charge in [0.25, 0.3) is 0 Å². The smallest absolute Gasteiger partial charge is 0.197 e. The molecule has 22 heavy (non-hydrogen) atoms. The molecule has 0 aliphatic heterocycles. The highest BCUT2D eigenvalue weighted by Gasteiger charge is 2.59. The first-order valence-electron chi connectivity index (χ1n) is 8.87. The van der Waals surface area contributed by atoms with Gasteiger partial charge in [-0.1, -0.05) is 13.8 Å². The van der Waals surface area contributed by atoms with Crippen molar-refractivity contribution in [1.29, 1.82) is 0 Å². The van der Waals surface area contributed by atoms with Crippen LogP contribution in [0.5, 0.6) is 0 Å². The Labute approximate surface area is 132 Å². The quantitative estimate of drug-likeness (QED) is 0.736. The molecule has 0 bridgehead atoms. The van der Waals surface area contributed by atoms with Crippen LogP contribution in [0, 0.1) is 28.6 Å². The van der Waals surface area contributed by atoms with E-state index < -0.39 is 0 Å². The largest absolute Gasteiger partial charge is 0.504 e. The van der Waals surface area contributed by atoms with E-state index in [1.54, 1.807) is 0 Å². The van der Waals surface area contributed by atoms with Gasteiger partial charge in [0.05, 0.1) is 0 Å². The van der Waals surface area contributed by atoms with Crippen LogP contribution in [-0.2, 0) is 9.59 Å². The average molecular weight is 302 g/mol. The van der Waals surface area contributed by atoms with Gasteiger partial charge in [-0.3, -0.25) is 9.59 Å². The molecule has 3 nitrogen and oxygen atoms in total. The predicted octanol–water partition coefficient (Wildman–Crippen LogP) is 3.97. The number of ketones is 2. The number of allylic oxidation sites excluding steroid dienone is 1. The van der Waals surface area contributed by atoms with Crippen LogP contribution in [0.3, 0.4) is 0 Å². The number of aliphatic hydroxyl groups excluding tert-OH is 1. The van der Waals surface area contributed by atoms with Crippen LogP contribution in [0.25, 0.3) is 0 Å². The molecule has 0 unspecified atom stereocenters. The Morgan fingerprint density at radius 3 is 2.41 bits per heavy atom. The Balaban J connectivity index is 1.73. The van der Waals surface area contributed by atoms with Gasteiger partial charge < -0.3 is 5.11 Å². The summed E-state index contributed by atoms with van der Waals surface area (Å²) in [6.45, 7) is 4.46. The maximum atomic E-state index is 12.4. The zero-order valence-electron chi connectivity index (χ0n) is 13.7. The molecule has 120 valence electrons. The molecule has 3 heteroatoms. The second kappa shape index (κ2) is 4.46. The van der Waals surface area contributed by atoms with E-state index in [1.165, 1.54) is 0 Å². The van der Waals surface area contributed by atoms with E-state index in [1.807, 2.05) is 0 Å². The lowest BCUT2D eigenvalue weighted by Crippen LogP contribution is -2.51. The zero-order valence-corrected chi connectivity index (χ0v) is 13.7. The summed E-state index contributed by atoms with van der Waals surface area (Å²) in [7, 11) is 0. The van der Waals surface area contributed by atoms with Gasteiger partial charge in [-0.25, -0.2) is 0 Å². The van der Waals surface area contributed by atoms with E-state index in [9.17, 15) is 14.7 Å². The maximum absolute atomic E-state index is 12.4. The molecule has 0 radical (unpaired) electrons. The van der Waals surface area contributed by atoms with E-state index in [4.69, 9.17) is 0 Å². The molecule has 0 heterocycles. The summed E-state index contributed by atoms with van der Waals surface area (Å²) in [5, 5.41) is 10.3. The molecule has 1 N–H and O–H groups in total. The molecule has 4 aliphatic rings. The van der Waals surface area contributed by atoms with E-state index >= 15 is 0 Å². The van der Waals surface area contributed by atoms with E-state index in [0.717, 1.165) is 50.5 Å². The maximum Gasteiger partial charge on any atom is 0.197 e. The van der Waals surface area contributed by atoms with Gasteiger partial charge in [0, 0.05) is 18.3 Å². The van der Waals surface area contributed by atoms with Crippen LogP contribution < -0.4 is 0 Å². The normalized spacial score (nSPS) is 48.0. The molecule has 0 saturated heterocycles. The fourth-order valence-corrected chi connectivity index (χ4v) is 6.46. The summed E-state index contributed by atoms with van der Waals surface area (Å²) in [4.78, 5) is 24.2. The number of hydrogen-bond acceptors (Lipinski definition) is 3. The molecular weight excluding hydrogens is 276 g/mol. The van der Waals surface area contributed by atoms with E-state index in [0.29, 0.717) is 30.0 Å². The van der Waals surface area contributed by atoms with Crippen molar-refractivity contribution in [2.24, 2.45) is 28.6 Å². The number of carbonyl (C=O) groups excluding carboxylic acids is 2. The molecule has 4 aliphatic carbocycles. The minimum atomic E-state index is -0.0920. The van der Waals surface area contributed by atoms with Crippen molar-refractivity contribution < 1.29 is 14.7 Å². The van der Waals surface area contributed by atoms with Crippen LogP contribution in [0.2, 0.25) is 0 Å². The van der Waals surface area contributed by atoms with Crippen molar-refractivity contribution in [3.8, 4) is 0 Å². The third-order valence-corrected chi connectivity index (χ3v) is 7.80. The van der Waals surface area contributed by atoms with Gasteiger partial charge in [0.1, 0.15) is 5.78 Å². The molecule has 0 amide bonds. The lowest BCUT2D eigenvalue weighted by molar-refractivity contribution is -0.133. The highest BCUT2D eigenvalue weighted by atomic mass is 16.3. The van der Waals surface area contributed by atoms with Crippen LogP contribution in [0.4, 0.5) is 0 Å². The number of carbonyl (C=O) groups is 2. The minimum absolute atomic E-state index is 0.0200. The molecule has 5 atom stereocenters. The summed E-state index contributed by atoms with van der Waals surface area (Å²) in [5.74, 6) is 2.14. The summed E-state index contributed by atoms with van der Waals surface area (Å²) < 4.78 is 0. The standard InChI is InChI=1S/C19H26O3/c1-18-10-8-15(20)17(22)14(18)4-3-11-12-5-6-16(21)19(12,2)9-7-13(11)18/h11-13,22H,3-10H2,1-2H3/t11-,12-,13-,18-,19+/m0/s1. The topological polar surface area (TPSA) is 54.4 Å². The number of rotatable bonds is 0. The number of hydrogen-bond donors (Lipinski definition) is 1. The number of fused-ring (bicyclic) bond motifs is 5. The van der Waals surface area contributed by atoms with Gasteiger partial charge in [-0.2, -0.15) is 0 Å². The number of Topliss-reactive ketones (excluding diaryl/α,β-unsaturated/α-hetero) is 2. The Morgan fingerprint density at radius 2 is 1.64 bits per heavy atom. The Morgan fingerprint density at radius 1 is 0.909 bits per heavy atom. The van der Waals surface area contributed by atoms with Crippen molar-refractivity contribution in [1.82, 2.24) is 0 Å². The Hall–Kier alpha value is -1.12. The first kappa shape index (κ1) is 14.5. The van der Waals surface area contributed by atoms with Crippen molar-refractivity contribution in [2.45, 2.75) is 65.2 Å². The summed E-state index contributed by atoms with van der Waals surface area (Å²) in [5.41, 5.74) is 0.914. The van der Waals surface area contributed by atoms with Gasteiger partial charge in [0.15, 0.2) is 11.5 Å². The molecule has 0 spiro atoms. The molecule has 0 aromatic carbocycles. The third kappa shape index (κ3) is 1.63. The lowest BCUT2D eigenvalue weighted by Gasteiger charge is -2.56. The van der Waals surface area contributed by atoms with Gasteiger partial charge in [0.2, 0.25) is 0 Å². The first-order valence-corrected chi connectivity index (χ1v) is 8.87. The zero-order chi connectivity index (χ0) is 15.7. The minimum Gasteiger partial charge on any atom is -0.504 e. The van der Waals surface area contributed by atoms with Gasteiger partial charge in [-0.15, -0.1) is 0 Å². The number of aliphatic hydroxyl groups is 1. The fourth-order valence-electron chi connectivity index (χ4n) is 6.46. The fraction of sp³-hybridized carbons (Fsp3) is 0.789. The van der Waals surface area contributed by atoms with Gasteiger partial charge in [-0.05, 0) is 67.3 Å². The first-order chi connectivity index (χ1) is 10.4. The predicted molar refractivity (Wildman–Crippen MR) is 83.3 cm³/mol. The monoisotopic (exact) mass is 302 g/mol. The van der Waals surface area contributed by atoms with E-state index in [2.05, 4.69) is 13.8 Å².